The Morgan fingerprint density at radius 2 is 1.69 bits per heavy atom. The molecule has 3 aromatic carbocycles. The first-order valence-electron chi connectivity index (χ1n) is 9.78. The Kier molecular flexibility index (Phi) is 6.02. The fraction of sp³-hybridized carbons (Fsp3) is 0.125. The summed E-state index contributed by atoms with van der Waals surface area (Å²) < 4.78 is 52.3. The van der Waals surface area contributed by atoms with E-state index in [2.05, 4.69) is 15.5 Å². The van der Waals surface area contributed by atoms with Crippen molar-refractivity contribution in [2.24, 2.45) is 0 Å². The monoisotopic (exact) mass is 439 g/mol. The fourth-order valence-electron chi connectivity index (χ4n) is 3.41. The number of aromatic nitrogens is 2. The molecule has 0 fully saturated rings. The van der Waals surface area contributed by atoms with Crippen LogP contribution in [0.3, 0.4) is 0 Å². The number of nitrogens with zero attached hydrogens (tertiary/aromatic N) is 1. The van der Waals surface area contributed by atoms with Crippen molar-refractivity contribution in [1.29, 1.82) is 0 Å². The summed E-state index contributed by atoms with van der Waals surface area (Å²) in [6.45, 7) is 0. The molecule has 0 saturated carbocycles. The van der Waals surface area contributed by atoms with Crippen molar-refractivity contribution in [1.82, 2.24) is 10.2 Å². The molecular weight excluding hydrogens is 419 g/mol. The van der Waals surface area contributed by atoms with E-state index in [0.717, 1.165) is 6.07 Å². The lowest BCUT2D eigenvalue weighted by atomic mass is 9.95. The summed E-state index contributed by atoms with van der Waals surface area (Å²) in [4.78, 5) is 0. The van der Waals surface area contributed by atoms with Crippen LogP contribution in [-0.2, 0) is 6.18 Å². The quantitative estimate of drug-likeness (QED) is 0.348. The van der Waals surface area contributed by atoms with Gasteiger partial charge in [-0.1, -0.05) is 36.4 Å². The minimum Gasteiger partial charge on any atom is -0.493 e. The number of hydrogen-bond donors (Lipinski definition) is 2. The highest BCUT2D eigenvalue weighted by atomic mass is 19.4. The molecule has 0 radical (unpaired) electrons. The molecule has 0 saturated heterocycles. The topological polar surface area (TPSA) is 59.2 Å². The summed E-state index contributed by atoms with van der Waals surface area (Å²) in [6.07, 6.45) is -1.42. The second kappa shape index (κ2) is 9.05. The Bertz CT molecular complexity index is 1180. The zero-order valence-electron chi connectivity index (χ0n) is 17.1. The maximum atomic E-state index is 13.7. The van der Waals surface area contributed by atoms with Crippen LogP contribution in [0.25, 0.3) is 0 Å². The van der Waals surface area contributed by atoms with Gasteiger partial charge >= 0.3 is 6.18 Å². The SMILES string of the molecule is COc1ccccc1Oc1cccc(NC(c2cn[nH]c2)c2ccccc2C(F)(F)F)c1. The largest absolute Gasteiger partial charge is 0.493 e. The van der Waals surface area contributed by atoms with Crippen LogP contribution in [0.4, 0.5) is 18.9 Å². The third-order valence-electron chi connectivity index (χ3n) is 4.87. The van der Waals surface area contributed by atoms with Gasteiger partial charge in [0.15, 0.2) is 11.5 Å². The van der Waals surface area contributed by atoms with Crippen molar-refractivity contribution in [2.45, 2.75) is 12.2 Å². The van der Waals surface area contributed by atoms with Crippen LogP contribution in [0, 0.1) is 0 Å². The van der Waals surface area contributed by atoms with Gasteiger partial charge in [0.05, 0.1) is 24.9 Å². The van der Waals surface area contributed by atoms with Crippen LogP contribution < -0.4 is 14.8 Å². The van der Waals surface area contributed by atoms with Crippen molar-refractivity contribution < 1.29 is 22.6 Å². The number of para-hydroxylation sites is 2. The van der Waals surface area contributed by atoms with Crippen LogP contribution in [0.1, 0.15) is 22.7 Å². The first kappa shape index (κ1) is 21.3. The van der Waals surface area contributed by atoms with Gasteiger partial charge in [-0.15, -0.1) is 0 Å². The summed E-state index contributed by atoms with van der Waals surface area (Å²) in [5, 5.41) is 9.77. The van der Waals surface area contributed by atoms with Gasteiger partial charge in [0.2, 0.25) is 0 Å². The molecule has 4 aromatic rings. The minimum atomic E-state index is -4.49. The number of alkyl halides is 3. The fourth-order valence-corrected chi connectivity index (χ4v) is 3.41. The van der Waals surface area contributed by atoms with E-state index in [0.29, 0.717) is 28.5 Å². The Balaban J connectivity index is 1.67. The van der Waals surface area contributed by atoms with Crippen molar-refractivity contribution in [2.75, 3.05) is 12.4 Å². The number of aromatic amines is 1. The number of rotatable bonds is 7. The van der Waals surface area contributed by atoms with E-state index in [9.17, 15) is 13.2 Å². The number of methoxy groups -OCH3 is 1. The number of anilines is 1. The number of halogens is 3. The number of benzene rings is 3. The maximum absolute atomic E-state index is 13.7. The first-order chi connectivity index (χ1) is 15.5. The third-order valence-corrected chi connectivity index (χ3v) is 4.87. The summed E-state index contributed by atoms with van der Waals surface area (Å²) in [6, 6.07) is 18.9. The van der Waals surface area contributed by atoms with Gasteiger partial charge in [-0.05, 0) is 35.9 Å². The Morgan fingerprint density at radius 3 is 2.41 bits per heavy atom. The zero-order valence-corrected chi connectivity index (χ0v) is 17.1. The van der Waals surface area contributed by atoms with Crippen molar-refractivity contribution in [3.8, 4) is 17.2 Å². The Morgan fingerprint density at radius 1 is 0.938 bits per heavy atom. The van der Waals surface area contributed by atoms with E-state index in [1.165, 1.54) is 18.3 Å². The third kappa shape index (κ3) is 4.69. The minimum absolute atomic E-state index is 0.0949. The predicted molar refractivity (Wildman–Crippen MR) is 115 cm³/mol. The average Bonchev–Trinajstić information content (AvgIpc) is 3.32. The van der Waals surface area contributed by atoms with E-state index in [1.54, 1.807) is 55.8 Å². The highest BCUT2D eigenvalue weighted by Crippen LogP contribution is 2.38. The van der Waals surface area contributed by atoms with Gasteiger partial charge < -0.3 is 14.8 Å². The van der Waals surface area contributed by atoms with Gasteiger partial charge in [-0.2, -0.15) is 18.3 Å². The van der Waals surface area contributed by atoms with Crippen molar-refractivity contribution in [3.63, 3.8) is 0 Å². The maximum Gasteiger partial charge on any atom is 0.416 e. The second-order valence-electron chi connectivity index (χ2n) is 6.97. The molecular formula is C24H20F3N3O2. The van der Waals surface area contributed by atoms with Crippen molar-refractivity contribution >= 4 is 5.69 Å². The molecule has 164 valence electrons. The molecule has 0 bridgehead atoms. The summed E-state index contributed by atoms with van der Waals surface area (Å²) in [5.74, 6) is 1.61. The molecule has 1 aromatic heterocycles. The van der Waals surface area contributed by atoms with E-state index < -0.39 is 17.8 Å². The smallest absolute Gasteiger partial charge is 0.416 e. The molecule has 1 atom stereocenters. The summed E-state index contributed by atoms with van der Waals surface area (Å²) >= 11 is 0. The highest BCUT2D eigenvalue weighted by Gasteiger charge is 2.35. The lowest BCUT2D eigenvalue weighted by Crippen LogP contribution is -2.18. The van der Waals surface area contributed by atoms with Gasteiger partial charge in [0.25, 0.3) is 0 Å². The summed E-state index contributed by atoms with van der Waals surface area (Å²) in [5.41, 5.74) is 0.538. The van der Waals surface area contributed by atoms with Crippen molar-refractivity contribution in [3.05, 3.63) is 102 Å². The van der Waals surface area contributed by atoms with Gasteiger partial charge in [0.1, 0.15) is 5.75 Å². The zero-order chi connectivity index (χ0) is 22.6. The molecule has 5 nitrogen and oxygen atoms in total. The van der Waals surface area contributed by atoms with Crippen LogP contribution in [0.5, 0.6) is 17.2 Å². The molecule has 1 unspecified atom stereocenters. The first-order valence-corrected chi connectivity index (χ1v) is 9.78. The molecule has 0 aliphatic rings. The van der Waals surface area contributed by atoms with E-state index in [1.807, 2.05) is 12.1 Å². The standard InChI is InChI=1S/C24H20F3N3O2/c1-31-21-11-4-5-12-22(21)32-18-8-6-7-17(13-18)30-23(16-14-28-29-15-16)19-9-2-3-10-20(19)24(25,26)27/h2-15,23,30H,1H3,(H,28,29). The molecule has 2 N–H and O–H groups in total. The van der Waals surface area contributed by atoms with Gasteiger partial charge in [0, 0.05) is 23.5 Å². The lowest BCUT2D eigenvalue weighted by Gasteiger charge is -2.23. The van der Waals surface area contributed by atoms with Crippen LogP contribution in [0.2, 0.25) is 0 Å². The van der Waals surface area contributed by atoms with E-state index in [4.69, 9.17) is 9.47 Å². The van der Waals surface area contributed by atoms with Gasteiger partial charge in [-0.3, -0.25) is 5.10 Å². The number of nitrogens with one attached hydrogen (secondary N) is 2. The van der Waals surface area contributed by atoms with E-state index >= 15 is 0 Å². The van der Waals surface area contributed by atoms with Crippen LogP contribution in [-0.4, -0.2) is 17.3 Å². The molecule has 4 rings (SSSR count). The molecule has 32 heavy (non-hydrogen) atoms. The van der Waals surface area contributed by atoms with Crippen LogP contribution >= 0.6 is 0 Å². The van der Waals surface area contributed by atoms with E-state index in [-0.39, 0.29) is 5.56 Å². The Hall–Kier alpha value is -3.94. The highest BCUT2D eigenvalue weighted by molar-refractivity contribution is 5.54. The number of hydrogen-bond acceptors (Lipinski definition) is 4. The van der Waals surface area contributed by atoms with Crippen LogP contribution in [0.15, 0.2) is 85.2 Å². The lowest BCUT2D eigenvalue weighted by molar-refractivity contribution is -0.138. The predicted octanol–water partition coefficient (Wildman–Crippen LogP) is 6.43. The molecule has 0 aliphatic carbocycles. The molecule has 1 heterocycles. The molecule has 0 amide bonds. The number of ether oxygens (including phenoxy) is 2. The number of H-pyrrole nitrogens is 1. The summed E-state index contributed by atoms with van der Waals surface area (Å²) in [7, 11) is 1.55. The Labute approximate surface area is 182 Å². The molecule has 8 heteroatoms. The average molecular weight is 439 g/mol. The molecule has 0 spiro atoms. The molecule has 0 aliphatic heterocycles. The van der Waals surface area contributed by atoms with Gasteiger partial charge in [-0.25, -0.2) is 0 Å². The normalized spacial score (nSPS) is 12.2. The second-order valence-corrected chi connectivity index (χ2v) is 6.97.